The molecule has 0 radical (unpaired) electrons. The van der Waals surface area contributed by atoms with Gasteiger partial charge in [0.15, 0.2) is 12.6 Å². The summed E-state index contributed by atoms with van der Waals surface area (Å²) >= 11 is 0. The number of ketones is 1. The Morgan fingerprint density at radius 1 is 0.918 bits per heavy atom. The van der Waals surface area contributed by atoms with E-state index in [9.17, 15) is 30.0 Å². The quantitative estimate of drug-likeness (QED) is 0.285. The smallest absolute Gasteiger partial charge is 0.311 e. The molecule has 0 aliphatic carbocycles. The van der Waals surface area contributed by atoms with Crippen LogP contribution in [-0.4, -0.2) is 137 Å². The van der Waals surface area contributed by atoms with Gasteiger partial charge in [-0.05, 0) is 68.0 Å². The van der Waals surface area contributed by atoms with Gasteiger partial charge in [0.05, 0.1) is 47.6 Å². The summed E-state index contributed by atoms with van der Waals surface area (Å²) in [5, 5.41) is 45.7. The zero-order valence-electron chi connectivity index (χ0n) is 31.7. The average molecular weight is 704 g/mol. The van der Waals surface area contributed by atoms with Crippen molar-refractivity contribution >= 4 is 11.8 Å². The summed E-state index contributed by atoms with van der Waals surface area (Å²) in [5.41, 5.74) is -2.72. The number of cyclic esters (lactones) is 1. The van der Waals surface area contributed by atoms with Gasteiger partial charge in [0.1, 0.15) is 24.1 Å². The molecule has 3 aliphatic heterocycles. The van der Waals surface area contributed by atoms with E-state index in [1.165, 1.54) is 7.11 Å². The predicted octanol–water partition coefficient (Wildman–Crippen LogP) is 2.42. The molecule has 0 spiro atoms. The Morgan fingerprint density at radius 2 is 1.55 bits per heavy atom. The van der Waals surface area contributed by atoms with E-state index in [1.54, 1.807) is 48.5 Å². The van der Waals surface area contributed by atoms with Crippen molar-refractivity contribution in [3.63, 3.8) is 0 Å². The highest BCUT2D eigenvalue weighted by molar-refractivity contribution is 5.83. The molecular weight excluding hydrogens is 638 g/mol. The van der Waals surface area contributed by atoms with Crippen LogP contribution in [0.4, 0.5) is 0 Å². The molecule has 0 amide bonds. The average Bonchev–Trinajstić information content (AvgIpc) is 3.03. The van der Waals surface area contributed by atoms with Crippen molar-refractivity contribution < 1.29 is 58.4 Å². The van der Waals surface area contributed by atoms with Crippen LogP contribution < -0.4 is 0 Å². The number of ether oxygens (including phenoxy) is 6. The lowest BCUT2D eigenvalue weighted by Gasteiger charge is -2.48. The molecule has 13 nitrogen and oxygen atoms in total. The first-order valence-electron chi connectivity index (χ1n) is 18.0. The van der Waals surface area contributed by atoms with Gasteiger partial charge in [-0.25, -0.2) is 0 Å². The molecule has 286 valence electrons. The molecule has 49 heavy (non-hydrogen) atoms. The fourth-order valence-electron chi connectivity index (χ4n) is 7.93. The minimum atomic E-state index is -1.71. The summed E-state index contributed by atoms with van der Waals surface area (Å²) in [5.74, 6) is -3.97. The number of carbonyl (C=O) groups excluding carboxylic acids is 2. The van der Waals surface area contributed by atoms with E-state index in [0.29, 0.717) is 12.8 Å². The highest BCUT2D eigenvalue weighted by Crippen LogP contribution is 2.40. The number of likely N-dealkylation sites (N-methyl/N-ethyl adjacent to an activating group) is 1. The van der Waals surface area contributed by atoms with Gasteiger partial charge in [0, 0.05) is 43.7 Å². The maximum atomic E-state index is 13.9. The number of nitrogens with zero attached hydrogens (tertiary/aromatic N) is 1. The van der Waals surface area contributed by atoms with Gasteiger partial charge < -0.3 is 53.7 Å². The summed E-state index contributed by atoms with van der Waals surface area (Å²) in [4.78, 5) is 29.4. The van der Waals surface area contributed by atoms with Gasteiger partial charge in [-0.15, -0.1) is 0 Å². The first-order valence-corrected chi connectivity index (χ1v) is 18.0. The lowest BCUT2D eigenvalue weighted by atomic mass is 9.75. The minimum Gasteiger partial charge on any atom is -0.462 e. The summed E-state index contributed by atoms with van der Waals surface area (Å²) in [6.07, 6.45) is -7.71. The highest BCUT2D eigenvalue weighted by atomic mass is 16.7. The third-order valence-electron chi connectivity index (χ3n) is 11.3. The van der Waals surface area contributed by atoms with Crippen LogP contribution in [0.15, 0.2) is 0 Å². The second-order valence-corrected chi connectivity index (χ2v) is 15.7. The normalized spacial score (nSPS) is 48.2. The monoisotopic (exact) mass is 703 g/mol. The lowest BCUT2D eigenvalue weighted by Crippen LogP contribution is -2.60. The molecule has 3 fully saturated rings. The van der Waals surface area contributed by atoms with Gasteiger partial charge in [-0.1, -0.05) is 27.7 Å². The number of hydrogen-bond donors (Lipinski definition) is 4. The summed E-state index contributed by atoms with van der Waals surface area (Å²) in [7, 11) is 5.23. The Labute approximate surface area is 292 Å². The summed E-state index contributed by atoms with van der Waals surface area (Å²) in [6, 6.07) is -0.294. The Kier molecular flexibility index (Phi) is 14.7. The van der Waals surface area contributed by atoms with Crippen molar-refractivity contribution in [3.05, 3.63) is 0 Å². The molecule has 3 heterocycles. The number of aliphatic hydroxyl groups is 4. The molecule has 17 atom stereocenters. The molecule has 0 aromatic heterocycles. The van der Waals surface area contributed by atoms with Crippen LogP contribution in [0.3, 0.4) is 0 Å². The van der Waals surface area contributed by atoms with Gasteiger partial charge in [0.25, 0.3) is 0 Å². The van der Waals surface area contributed by atoms with E-state index in [2.05, 4.69) is 0 Å². The van der Waals surface area contributed by atoms with Gasteiger partial charge in [-0.3, -0.25) is 9.59 Å². The van der Waals surface area contributed by atoms with Gasteiger partial charge in [-0.2, -0.15) is 0 Å². The fraction of sp³-hybridized carbons (Fsp3) is 0.944. The maximum Gasteiger partial charge on any atom is 0.311 e. The third-order valence-corrected chi connectivity index (χ3v) is 11.3. The van der Waals surface area contributed by atoms with Crippen molar-refractivity contribution in [2.75, 3.05) is 21.2 Å². The van der Waals surface area contributed by atoms with Crippen molar-refractivity contribution in [3.8, 4) is 0 Å². The first-order chi connectivity index (χ1) is 22.7. The maximum absolute atomic E-state index is 13.9. The van der Waals surface area contributed by atoms with E-state index in [-0.39, 0.29) is 37.2 Å². The number of rotatable bonds is 7. The topological polar surface area (TPSA) is 174 Å². The third kappa shape index (κ3) is 9.79. The minimum absolute atomic E-state index is 0.0406. The Bertz CT molecular complexity index is 1090. The van der Waals surface area contributed by atoms with Crippen molar-refractivity contribution in [2.24, 2.45) is 23.7 Å². The molecular formula is C36H65NO12. The van der Waals surface area contributed by atoms with E-state index in [0.717, 1.165) is 0 Å². The van der Waals surface area contributed by atoms with E-state index in [4.69, 9.17) is 28.4 Å². The molecule has 0 bridgehead atoms. The van der Waals surface area contributed by atoms with E-state index >= 15 is 0 Å². The van der Waals surface area contributed by atoms with Crippen molar-refractivity contribution in [1.82, 2.24) is 4.90 Å². The zero-order valence-corrected chi connectivity index (χ0v) is 31.7. The summed E-state index contributed by atoms with van der Waals surface area (Å²) < 4.78 is 37.1. The Hall–Kier alpha value is -1.26. The Balaban J connectivity index is 2.13. The fourth-order valence-corrected chi connectivity index (χ4v) is 7.93. The van der Waals surface area contributed by atoms with Crippen LogP contribution in [0.1, 0.15) is 94.4 Å². The molecule has 0 saturated carbocycles. The number of esters is 1. The number of aliphatic hydroxyl groups excluding tert-OH is 3. The van der Waals surface area contributed by atoms with Crippen molar-refractivity contribution in [2.45, 2.75) is 173 Å². The van der Waals surface area contributed by atoms with E-state index < -0.39 is 96.2 Å². The molecule has 0 aromatic rings. The molecule has 4 N–H and O–H groups in total. The van der Waals surface area contributed by atoms with Crippen LogP contribution >= 0.6 is 0 Å². The van der Waals surface area contributed by atoms with E-state index in [1.807, 2.05) is 32.8 Å². The SMILES string of the molecule is CC[C@@H]1C[C@H](O)[C@@H](C)C(=O)[C@H](C)C[C@@](C)(O)[C@H](O[C@@H]2O[C@H](C)C[C@H](N(C)C)[C@H]2O)[C@@H](C)[C@H](O[C@H]2C[C@@](C)(OC)[C@@H](O)[C@H](C)O2)[C@@H](C)C(=O)O1. The molecule has 0 aromatic carbocycles. The predicted molar refractivity (Wildman–Crippen MR) is 180 cm³/mol. The molecule has 3 saturated heterocycles. The standard InChI is InChI=1S/C36H65NO12/c1-13-24-15-26(38)20(4)28(39)18(2)16-35(8,43)32(49-34-29(40)25(37(10)11)14-19(3)45-34)21(5)30(22(6)33(42)47-24)48-27-17-36(9,44-12)31(41)23(7)46-27/h18-27,29-32,34,38,40-41,43H,13-17H2,1-12H3/t18-,19-,20-,21+,22-,23+,24-,25+,26+,27+,29-,30+,31+,32-,34+,35-,36-/m1/s1. The number of hydrogen-bond acceptors (Lipinski definition) is 13. The Morgan fingerprint density at radius 3 is 2.12 bits per heavy atom. The zero-order chi connectivity index (χ0) is 37.2. The van der Waals surface area contributed by atoms with Crippen LogP contribution in [0.2, 0.25) is 0 Å². The molecule has 3 aliphatic rings. The number of Topliss-reactive ketones (excluding diaryl/α,β-unsaturated/α-hetero) is 1. The second kappa shape index (κ2) is 17.0. The van der Waals surface area contributed by atoms with Gasteiger partial charge >= 0.3 is 5.97 Å². The molecule has 0 unspecified atom stereocenters. The van der Waals surface area contributed by atoms with Crippen LogP contribution in [0.25, 0.3) is 0 Å². The number of carbonyl (C=O) groups is 2. The van der Waals surface area contributed by atoms with Crippen LogP contribution in [0, 0.1) is 23.7 Å². The van der Waals surface area contributed by atoms with Crippen LogP contribution in [0.5, 0.6) is 0 Å². The summed E-state index contributed by atoms with van der Waals surface area (Å²) in [6.45, 7) is 15.6. The van der Waals surface area contributed by atoms with Crippen molar-refractivity contribution in [1.29, 1.82) is 0 Å². The highest BCUT2D eigenvalue weighted by Gasteiger charge is 2.52. The second-order valence-electron chi connectivity index (χ2n) is 15.7. The first kappa shape index (κ1) is 42.2. The number of methoxy groups -OCH3 is 1. The lowest BCUT2D eigenvalue weighted by molar-refractivity contribution is -0.317. The molecule has 3 rings (SSSR count). The van der Waals surface area contributed by atoms with Crippen LogP contribution in [-0.2, 0) is 38.0 Å². The largest absolute Gasteiger partial charge is 0.462 e. The van der Waals surface area contributed by atoms with Gasteiger partial charge in [0.2, 0.25) is 0 Å². The molecule has 13 heteroatoms.